The van der Waals surface area contributed by atoms with Gasteiger partial charge in [-0.1, -0.05) is 29.3 Å². The zero-order valence-electron chi connectivity index (χ0n) is 3.99. The van der Waals surface area contributed by atoms with Crippen molar-refractivity contribution in [2.45, 2.75) is 5.50 Å². The third kappa shape index (κ3) is 1.42. The van der Waals surface area contributed by atoms with Crippen LogP contribution >= 0.6 is 23.2 Å². The van der Waals surface area contributed by atoms with Gasteiger partial charge in [0.2, 0.25) is 0 Å². The molecule has 1 heterocycles. The molecule has 3 heteroatoms. The fourth-order valence-corrected chi connectivity index (χ4v) is 0.835. The van der Waals surface area contributed by atoms with E-state index in [1.165, 1.54) is 0 Å². The Morgan fingerprint density at radius 2 is 2.50 bits per heavy atom. The number of hydrogen-bond donors (Lipinski definition) is 1. The predicted octanol–water partition coefficient (Wildman–Crippen LogP) is 1.59. The lowest BCUT2D eigenvalue weighted by Crippen LogP contribution is -2.20. The second kappa shape index (κ2) is 2.42. The smallest absolute Gasteiger partial charge is 0.121 e. The Morgan fingerprint density at radius 3 is 2.88 bits per heavy atom. The highest BCUT2D eigenvalue weighted by Gasteiger charge is 2.01. The van der Waals surface area contributed by atoms with Gasteiger partial charge in [-0.3, -0.25) is 0 Å². The lowest BCUT2D eigenvalue weighted by molar-refractivity contribution is 0.878. The van der Waals surface area contributed by atoms with Gasteiger partial charge in [-0.25, -0.2) is 0 Å². The number of allylic oxidation sites excluding steroid dienone is 2. The molecule has 0 amide bonds. The van der Waals surface area contributed by atoms with Crippen molar-refractivity contribution in [3.05, 3.63) is 23.4 Å². The third-order valence-electron chi connectivity index (χ3n) is 0.740. The van der Waals surface area contributed by atoms with Gasteiger partial charge in [0.1, 0.15) is 10.7 Å². The lowest BCUT2D eigenvalue weighted by atomic mass is 10.4. The van der Waals surface area contributed by atoms with Crippen molar-refractivity contribution in [1.29, 1.82) is 0 Å². The molecule has 1 radical (unpaired) electrons. The van der Waals surface area contributed by atoms with Gasteiger partial charge in [0.05, 0.1) is 0 Å². The highest BCUT2D eigenvalue weighted by atomic mass is 35.5. The number of hydrogen-bond acceptors (Lipinski definition) is 1. The highest BCUT2D eigenvalue weighted by molar-refractivity contribution is 6.30. The van der Waals surface area contributed by atoms with Crippen LogP contribution in [0.3, 0.4) is 0 Å². The first-order valence-electron chi connectivity index (χ1n) is 2.15. The van der Waals surface area contributed by atoms with Gasteiger partial charge in [-0.05, 0) is 6.08 Å². The summed E-state index contributed by atoms with van der Waals surface area (Å²) in [7, 11) is 0. The van der Waals surface area contributed by atoms with E-state index < -0.39 is 0 Å². The van der Waals surface area contributed by atoms with Crippen molar-refractivity contribution >= 4 is 23.2 Å². The van der Waals surface area contributed by atoms with Gasteiger partial charge in [-0.2, -0.15) is 0 Å². The van der Waals surface area contributed by atoms with Crippen molar-refractivity contribution in [3.63, 3.8) is 0 Å². The standard InChI is InChI=1S/C5H4Cl2N/c6-4-2-1-3-5(7)8-4/h1-2,4,8H. The Bertz CT molecular complexity index is 139. The fraction of sp³-hybridized carbons (Fsp3) is 0.200. The van der Waals surface area contributed by atoms with Crippen LogP contribution in [0.4, 0.5) is 0 Å². The van der Waals surface area contributed by atoms with Crippen molar-refractivity contribution in [2.24, 2.45) is 0 Å². The molecule has 1 rings (SSSR count). The Kier molecular flexibility index (Phi) is 1.81. The molecule has 0 saturated carbocycles. The van der Waals surface area contributed by atoms with Crippen LogP contribution in [-0.2, 0) is 0 Å². The summed E-state index contributed by atoms with van der Waals surface area (Å²) in [5.41, 5.74) is -0.177. The number of alkyl halides is 1. The van der Waals surface area contributed by atoms with Crippen molar-refractivity contribution in [1.82, 2.24) is 5.32 Å². The summed E-state index contributed by atoms with van der Waals surface area (Å²) < 4.78 is 0. The Balaban J connectivity index is 2.59. The van der Waals surface area contributed by atoms with Gasteiger partial charge >= 0.3 is 0 Å². The number of rotatable bonds is 0. The maximum Gasteiger partial charge on any atom is 0.121 e. The Hall–Kier alpha value is -0.140. The molecule has 1 nitrogen and oxygen atoms in total. The average molecular weight is 149 g/mol. The maximum absolute atomic E-state index is 5.57. The van der Waals surface area contributed by atoms with E-state index in [4.69, 9.17) is 23.2 Å². The minimum atomic E-state index is -0.177. The molecule has 0 aromatic rings. The Labute approximate surface area is 58.0 Å². The quantitative estimate of drug-likeness (QED) is 0.407. The summed E-state index contributed by atoms with van der Waals surface area (Å²) in [4.78, 5) is 0. The van der Waals surface area contributed by atoms with Crippen LogP contribution < -0.4 is 5.32 Å². The summed E-state index contributed by atoms with van der Waals surface area (Å²) >= 11 is 11.0. The van der Waals surface area contributed by atoms with Crippen LogP contribution in [-0.4, -0.2) is 5.50 Å². The first kappa shape index (κ1) is 5.99. The summed E-state index contributed by atoms with van der Waals surface area (Å²) in [5.74, 6) is 0. The van der Waals surface area contributed by atoms with Crippen LogP contribution in [0.25, 0.3) is 0 Å². The van der Waals surface area contributed by atoms with E-state index in [-0.39, 0.29) is 5.50 Å². The molecular formula is C5H4Cl2N. The van der Waals surface area contributed by atoms with E-state index >= 15 is 0 Å². The monoisotopic (exact) mass is 148 g/mol. The van der Waals surface area contributed by atoms with Crippen LogP contribution in [0.1, 0.15) is 0 Å². The molecule has 0 spiro atoms. The minimum absolute atomic E-state index is 0.177. The van der Waals surface area contributed by atoms with Crippen molar-refractivity contribution < 1.29 is 0 Å². The normalized spacial score (nSPS) is 26.8. The number of halogens is 2. The van der Waals surface area contributed by atoms with Crippen LogP contribution in [0.15, 0.2) is 17.3 Å². The molecule has 1 aliphatic heterocycles. The molecule has 8 heavy (non-hydrogen) atoms. The van der Waals surface area contributed by atoms with Crippen molar-refractivity contribution in [3.8, 4) is 0 Å². The highest BCUT2D eigenvalue weighted by Crippen LogP contribution is 2.06. The largest absolute Gasteiger partial charge is 0.356 e. The number of dihydropyridines is 1. The predicted molar refractivity (Wildman–Crippen MR) is 34.5 cm³/mol. The van der Waals surface area contributed by atoms with E-state index in [0.717, 1.165) is 0 Å². The molecule has 0 saturated heterocycles. The maximum atomic E-state index is 5.57. The van der Waals surface area contributed by atoms with Gasteiger partial charge in [0.25, 0.3) is 0 Å². The lowest BCUT2D eigenvalue weighted by Gasteiger charge is -2.09. The molecular weight excluding hydrogens is 145 g/mol. The van der Waals surface area contributed by atoms with Gasteiger partial charge in [-0.15, -0.1) is 0 Å². The first-order valence-corrected chi connectivity index (χ1v) is 2.97. The number of nitrogens with one attached hydrogen (secondary N) is 1. The molecule has 1 N–H and O–H groups in total. The second-order valence-corrected chi connectivity index (χ2v) is 2.21. The topological polar surface area (TPSA) is 12.0 Å². The van der Waals surface area contributed by atoms with Gasteiger partial charge in [0.15, 0.2) is 0 Å². The van der Waals surface area contributed by atoms with Gasteiger partial charge in [0, 0.05) is 6.08 Å². The Morgan fingerprint density at radius 1 is 1.75 bits per heavy atom. The molecule has 43 valence electrons. The molecule has 0 aromatic carbocycles. The molecule has 0 fully saturated rings. The van der Waals surface area contributed by atoms with E-state index in [1.54, 1.807) is 12.2 Å². The molecule has 1 unspecified atom stereocenters. The van der Waals surface area contributed by atoms with E-state index in [9.17, 15) is 0 Å². The van der Waals surface area contributed by atoms with E-state index in [1.807, 2.05) is 0 Å². The minimum Gasteiger partial charge on any atom is -0.356 e. The summed E-state index contributed by atoms with van der Waals surface area (Å²) in [6.07, 6.45) is 6.17. The molecule has 1 aliphatic rings. The van der Waals surface area contributed by atoms with Crippen LogP contribution in [0.2, 0.25) is 0 Å². The molecule has 0 bridgehead atoms. The zero-order valence-corrected chi connectivity index (χ0v) is 5.50. The van der Waals surface area contributed by atoms with Crippen molar-refractivity contribution in [2.75, 3.05) is 0 Å². The van der Waals surface area contributed by atoms with Gasteiger partial charge < -0.3 is 5.32 Å². The molecule has 0 aromatic heterocycles. The molecule has 0 aliphatic carbocycles. The summed E-state index contributed by atoms with van der Waals surface area (Å²) in [6.45, 7) is 0. The van der Waals surface area contributed by atoms with Crippen LogP contribution in [0, 0.1) is 6.08 Å². The first-order chi connectivity index (χ1) is 3.79. The average Bonchev–Trinajstić information content (AvgIpc) is 1.64. The molecule has 1 atom stereocenters. The fourth-order valence-electron chi connectivity index (χ4n) is 0.417. The zero-order chi connectivity index (χ0) is 5.98. The summed E-state index contributed by atoms with van der Waals surface area (Å²) in [6, 6.07) is 0. The second-order valence-electron chi connectivity index (χ2n) is 1.36. The van der Waals surface area contributed by atoms with E-state index in [2.05, 4.69) is 11.4 Å². The SMILES string of the molecule is ClC1=[C]C=CC(Cl)N1. The van der Waals surface area contributed by atoms with E-state index in [0.29, 0.717) is 5.16 Å². The van der Waals surface area contributed by atoms with Crippen LogP contribution in [0.5, 0.6) is 0 Å². The third-order valence-corrected chi connectivity index (χ3v) is 1.21. The summed E-state index contributed by atoms with van der Waals surface area (Å²) in [5, 5.41) is 3.19.